The SMILES string of the molecule is CCCC(CNC(=O)Cn1cc(CN)nn1)C(=O)O. The standard InChI is InChI=1S/C11H19N5O3/c1-2-3-8(11(18)19)5-13-10(17)7-16-6-9(4-12)14-15-16/h6,8H,2-5,7,12H2,1H3,(H,13,17)(H,18,19). The van der Waals surface area contributed by atoms with Gasteiger partial charge in [0, 0.05) is 13.1 Å². The van der Waals surface area contributed by atoms with Gasteiger partial charge in [0.1, 0.15) is 6.54 Å². The summed E-state index contributed by atoms with van der Waals surface area (Å²) in [4.78, 5) is 22.5. The topological polar surface area (TPSA) is 123 Å². The first-order chi connectivity index (χ1) is 9.06. The fraction of sp³-hybridized carbons (Fsp3) is 0.636. The number of carboxylic acids is 1. The van der Waals surface area contributed by atoms with Gasteiger partial charge in [0.2, 0.25) is 5.91 Å². The summed E-state index contributed by atoms with van der Waals surface area (Å²) in [6.07, 6.45) is 2.88. The molecule has 0 aromatic carbocycles. The quantitative estimate of drug-likeness (QED) is 0.576. The molecule has 1 amide bonds. The van der Waals surface area contributed by atoms with E-state index in [1.54, 1.807) is 6.20 Å². The number of carbonyl (C=O) groups is 2. The van der Waals surface area contributed by atoms with Gasteiger partial charge in [0.05, 0.1) is 17.8 Å². The third-order valence-electron chi connectivity index (χ3n) is 2.63. The zero-order chi connectivity index (χ0) is 14.3. The number of hydrogen-bond acceptors (Lipinski definition) is 5. The van der Waals surface area contributed by atoms with Crippen molar-refractivity contribution in [3.05, 3.63) is 11.9 Å². The summed E-state index contributed by atoms with van der Waals surface area (Å²) >= 11 is 0. The molecule has 106 valence electrons. The van der Waals surface area contributed by atoms with Crippen LogP contribution in [0, 0.1) is 5.92 Å². The Balaban J connectivity index is 2.40. The van der Waals surface area contributed by atoms with Crippen molar-refractivity contribution in [2.45, 2.75) is 32.9 Å². The number of aromatic nitrogens is 3. The lowest BCUT2D eigenvalue weighted by Gasteiger charge is -2.12. The molecule has 0 aliphatic heterocycles. The highest BCUT2D eigenvalue weighted by Gasteiger charge is 2.17. The Bertz CT molecular complexity index is 432. The lowest BCUT2D eigenvalue weighted by Crippen LogP contribution is -2.35. The molecule has 8 heteroatoms. The second-order valence-electron chi connectivity index (χ2n) is 4.24. The van der Waals surface area contributed by atoms with Gasteiger partial charge in [0.25, 0.3) is 0 Å². The number of aliphatic carboxylic acids is 1. The van der Waals surface area contributed by atoms with Crippen LogP contribution >= 0.6 is 0 Å². The number of carbonyl (C=O) groups excluding carboxylic acids is 1. The molecule has 1 rings (SSSR count). The van der Waals surface area contributed by atoms with Crippen LogP contribution in [-0.4, -0.2) is 38.5 Å². The van der Waals surface area contributed by atoms with E-state index in [1.807, 2.05) is 6.92 Å². The van der Waals surface area contributed by atoms with Crippen LogP contribution in [0.4, 0.5) is 0 Å². The van der Waals surface area contributed by atoms with Gasteiger partial charge in [-0.3, -0.25) is 9.59 Å². The van der Waals surface area contributed by atoms with Crippen LogP contribution < -0.4 is 11.1 Å². The summed E-state index contributed by atoms with van der Waals surface area (Å²) in [5.74, 6) is -1.74. The zero-order valence-corrected chi connectivity index (χ0v) is 10.9. The lowest BCUT2D eigenvalue weighted by molar-refractivity contribution is -0.141. The minimum absolute atomic E-state index is 0.00542. The smallest absolute Gasteiger partial charge is 0.308 e. The van der Waals surface area contributed by atoms with E-state index in [0.717, 1.165) is 6.42 Å². The van der Waals surface area contributed by atoms with Crippen LogP contribution in [0.2, 0.25) is 0 Å². The van der Waals surface area contributed by atoms with Crippen LogP contribution in [-0.2, 0) is 22.7 Å². The third kappa shape index (κ3) is 5.04. The molecule has 0 aliphatic rings. The molecule has 1 atom stereocenters. The van der Waals surface area contributed by atoms with E-state index in [4.69, 9.17) is 10.8 Å². The molecule has 19 heavy (non-hydrogen) atoms. The van der Waals surface area contributed by atoms with Crippen LogP contribution in [0.1, 0.15) is 25.5 Å². The van der Waals surface area contributed by atoms with E-state index in [9.17, 15) is 9.59 Å². The molecule has 0 radical (unpaired) electrons. The van der Waals surface area contributed by atoms with E-state index in [2.05, 4.69) is 15.6 Å². The molecule has 8 nitrogen and oxygen atoms in total. The molecule has 0 spiro atoms. The maximum absolute atomic E-state index is 11.6. The first-order valence-corrected chi connectivity index (χ1v) is 6.15. The van der Waals surface area contributed by atoms with Gasteiger partial charge in [-0.05, 0) is 6.42 Å². The third-order valence-corrected chi connectivity index (χ3v) is 2.63. The molecule has 1 aromatic rings. The number of nitrogens with two attached hydrogens (primary N) is 1. The molecular weight excluding hydrogens is 250 g/mol. The molecule has 0 bridgehead atoms. The summed E-state index contributed by atoms with van der Waals surface area (Å²) < 4.78 is 1.37. The second kappa shape index (κ2) is 7.47. The van der Waals surface area contributed by atoms with E-state index in [0.29, 0.717) is 12.1 Å². The number of amides is 1. The van der Waals surface area contributed by atoms with E-state index in [1.165, 1.54) is 4.68 Å². The Hall–Kier alpha value is -1.96. The molecule has 0 saturated heterocycles. The van der Waals surface area contributed by atoms with Crippen molar-refractivity contribution in [3.63, 3.8) is 0 Å². The minimum atomic E-state index is -0.895. The van der Waals surface area contributed by atoms with Crippen molar-refractivity contribution in [1.29, 1.82) is 0 Å². The number of nitrogens with zero attached hydrogens (tertiary/aromatic N) is 3. The summed E-state index contributed by atoms with van der Waals surface area (Å²) in [7, 11) is 0. The fourth-order valence-corrected chi connectivity index (χ4v) is 1.61. The van der Waals surface area contributed by atoms with Crippen LogP contribution in [0.3, 0.4) is 0 Å². The van der Waals surface area contributed by atoms with Crippen molar-refractivity contribution >= 4 is 11.9 Å². The Kier molecular flexibility index (Phi) is 5.94. The van der Waals surface area contributed by atoms with Gasteiger partial charge in [-0.15, -0.1) is 5.10 Å². The Morgan fingerprint density at radius 1 is 1.58 bits per heavy atom. The molecule has 0 saturated carbocycles. The number of rotatable bonds is 8. The van der Waals surface area contributed by atoms with Crippen LogP contribution in [0.15, 0.2) is 6.20 Å². The van der Waals surface area contributed by atoms with E-state index < -0.39 is 11.9 Å². The highest BCUT2D eigenvalue weighted by molar-refractivity contribution is 5.77. The number of carboxylic acid groups (broad SMARTS) is 1. The molecular formula is C11H19N5O3. The predicted octanol–water partition coefficient (Wildman–Crippen LogP) is -0.646. The van der Waals surface area contributed by atoms with Gasteiger partial charge in [0.15, 0.2) is 0 Å². The van der Waals surface area contributed by atoms with Gasteiger partial charge in [-0.1, -0.05) is 18.6 Å². The second-order valence-corrected chi connectivity index (χ2v) is 4.24. The summed E-state index contributed by atoms with van der Waals surface area (Å²) in [6.45, 7) is 2.30. The van der Waals surface area contributed by atoms with Gasteiger partial charge in [-0.2, -0.15) is 0 Å². The maximum Gasteiger partial charge on any atom is 0.308 e. The largest absolute Gasteiger partial charge is 0.481 e. The molecule has 1 aromatic heterocycles. The van der Waals surface area contributed by atoms with Crippen LogP contribution in [0.25, 0.3) is 0 Å². The van der Waals surface area contributed by atoms with Crippen molar-refractivity contribution in [2.75, 3.05) is 6.54 Å². The monoisotopic (exact) mass is 269 g/mol. The highest BCUT2D eigenvalue weighted by atomic mass is 16.4. The average molecular weight is 269 g/mol. The first kappa shape index (κ1) is 15.1. The highest BCUT2D eigenvalue weighted by Crippen LogP contribution is 2.04. The average Bonchev–Trinajstić information content (AvgIpc) is 2.81. The molecule has 1 unspecified atom stereocenters. The Morgan fingerprint density at radius 3 is 2.84 bits per heavy atom. The minimum Gasteiger partial charge on any atom is -0.481 e. The molecule has 0 aliphatic carbocycles. The first-order valence-electron chi connectivity index (χ1n) is 6.15. The predicted molar refractivity (Wildman–Crippen MR) is 67.0 cm³/mol. The number of hydrogen-bond donors (Lipinski definition) is 3. The molecule has 4 N–H and O–H groups in total. The normalized spacial score (nSPS) is 12.1. The van der Waals surface area contributed by atoms with E-state index >= 15 is 0 Å². The van der Waals surface area contributed by atoms with Gasteiger partial charge in [-0.25, -0.2) is 4.68 Å². The Labute approximate surface area is 111 Å². The van der Waals surface area contributed by atoms with Crippen molar-refractivity contribution in [2.24, 2.45) is 11.7 Å². The zero-order valence-electron chi connectivity index (χ0n) is 10.9. The van der Waals surface area contributed by atoms with Crippen LogP contribution in [0.5, 0.6) is 0 Å². The maximum atomic E-state index is 11.6. The van der Waals surface area contributed by atoms with Gasteiger partial charge < -0.3 is 16.2 Å². The van der Waals surface area contributed by atoms with Crippen molar-refractivity contribution in [1.82, 2.24) is 20.3 Å². The van der Waals surface area contributed by atoms with E-state index in [-0.39, 0.29) is 25.5 Å². The molecule has 0 fully saturated rings. The Morgan fingerprint density at radius 2 is 2.32 bits per heavy atom. The lowest BCUT2D eigenvalue weighted by atomic mass is 10.0. The van der Waals surface area contributed by atoms with Gasteiger partial charge >= 0.3 is 5.97 Å². The van der Waals surface area contributed by atoms with Crippen molar-refractivity contribution in [3.8, 4) is 0 Å². The molecule has 1 heterocycles. The summed E-state index contributed by atoms with van der Waals surface area (Å²) in [5, 5.41) is 19.0. The summed E-state index contributed by atoms with van der Waals surface area (Å²) in [6, 6.07) is 0. The fourth-order valence-electron chi connectivity index (χ4n) is 1.61. The van der Waals surface area contributed by atoms with Crippen molar-refractivity contribution < 1.29 is 14.7 Å². The summed E-state index contributed by atoms with van der Waals surface area (Å²) in [5.41, 5.74) is 5.98. The number of nitrogens with one attached hydrogen (secondary N) is 1.